The predicted octanol–water partition coefficient (Wildman–Crippen LogP) is 2.88. The van der Waals surface area contributed by atoms with Crippen LogP contribution in [0.4, 0.5) is 0 Å². The Hall–Kier alpha value is -2.42. The molecule has 0 amide bonds. The molecule has 0 aliphatic heterocycles. The fourth-order valence-corrected chi connectivity index (χ4v) is 1.69. The molecule has 0 aliphatic carbocycles. The summed E-state index contributed by atoms with van der Waals surface area (Å²) < 4.78 is 1.75. The van der Waals surface area contributed by atoms with Crippen molar-refractivity contribution in [2.24, 2.45) is 0 Å². The van der Waals surface area contributed by atoms with Gasteiger partial charge in [0.25, 0.3) is 0 Å². The van der Waals surface area contributed by atoms with Crippen LogP contribution in [-0.2, 0) is 6.42 Å². The first kappa shape index (κ1) is 13.0. The number of rotatable bonds is 4. The number of aromatic nitrogens is 1. The van der Waals surface area contributed by atoms with E-state index in [0.717, 1.165) is 6.42 Å². The lowest BCUT2D eigenvalue weighted by atomic mass is 10.1. The van der Waals surface area contributed by atoms with E-state index in [0.29, 0.717) is 10.9 Å². The van der Waals surface area contributed by atoms with Crippen molar-refractivity contribution >= 4 is 12.0 Å². The zero-order chi connectivity index (χ0) is 13.7. The molecule has 0 radical (unpaired) electrons. The monoisotopic (exact) mass is 252 g/mol. The second kappa shape index (κ2) is 5.96. The lowest BCUT2D eigenvalue weighted by Crippen LogP contribution is -2.00. The van der Waals surface area contributed by atoms with Gasteiger partial charge in [0.15, 0.2) is 5.78 Å². The van der Waals surface area contributed by atoms with Crippen molar-refractivity contribution in [2.75, 3.05) is 0 Å². The first-order valence-corrected chi connectivity index (χ1v) is 6.23. The van der Waals surface area contributed by atoms with Crippen LogP contribution < -0.4 is 5.36 Å². The third-order valence-electron chi connectivity index (χ3n) is 2.90. The highest BCUT2D eigenvalue weighted by Crippen LogP contribution is 2.06. The molecule has 2 aromatic rings. The van der Waals surface area contributed by atoms with Gasteiger partial charge in [-0.3, -0.25) is 4.79 Å². The van der Waals surface area contributed by atoms with E-state index in [4.69, 9.17) is 5.41 Å². The molecule has 19 heavy (non-hydrogen) atoms. The quantitative estimate of drug-likeness (QED) is 0.660. The number of pyridine rings is 1. The molecule has 0 spiro atoms. The Bertz CT molecular complexity index is 631. The van der Waals surface area contributed by atoms with Crippen LogP contribution in [0.3, 0.4) is 0 Å². The number of nitrogens with one attached hydrogen (secondary N) is 1. The summed E-state index contributed by atoms with van der Waals surface area (Å²) in [4.78, 5) is 11.9. The van der Waals surface area contributed by atoms with Gasteiger partial charge >= 0.3 is 0 Å². The number of aryl methyl sites for hydroxylation is 1. The van der Waals surface area contributed by atoms with E-state index < -0.39 is 0 Å². The zero-order valence-electron chi connectivity index (χ0n) is 10.8. The molecule has 1 N–H and O–H groups in total. The topological polar surface area (TPSA) is 45.9 Å². The maximum atomic E-state index is 11.9. The molecule has 0 unspecified atom stereocenters. The van der Waals surface area contributed by atoms with Crippen molar-refractivity contribution in [2.45, 2.75) is 13.3 Å². The third-order valence-corrected chi connectivity index (χ3v) is 2.90. The van der Waals surface area contributed by atoms with Crippen LogP contribution in [0.2, 0.25) is 0 Å². The van der Waals surface area contributed by atoms with Crippen molar-refractivity contribution in [1.82, 2.24) is 4.57 Å². The molecule has 0 saturated carbocycles. The number of hydrogen-bond donors (Lipinski definition) is 1. The van der Waals surface area contributed by atoms with Crippen molar-refractivity contribution in [3.05, 3.63) is 71.4 Å². The van der Waals surface area contributed by atoms with Crippen molar-refractivity contribution < 1.29 is 4.79 Å². The Morgan fingerprint density at radius 3 is 2.37 bits per heavy atom. The number of hydrogen-bond acceptors (Lipinski definition) is 2. The molecule has 3 nitrogen and oxygen atoms in total. The van der Waals surface area contributed by atoms with E-state index in [1.54, 1.807) is 35.3 Å². The number of allylic oxidation sites excluding steroid dienone is 1. The molecule has 0 fully saturated rings. The summed E-state index contributed by atoms with van der Waals surface area (Å²) in [5.74, 6) is -0.0231. The van der Waals surface area contributed by atoms with Crippen LogP contribution in [0, 0.1) is 5.41 Å². The molecule has 0 atom stereocenters. The summed E-state index contributed by atoms with van der Waals surface area (Å²) >= 11 is 0. The predicted molar refractivity (Wildman–Crippen MR) is 75.8 cm³/mol. The number of nitrogens with zero attached hydrogens (tertiary/aromatic N) is 1. The number of carbonyl (C=O) groups is 1. The maximum Gasteiger partial charge on any atom is 0.187 e. The molecule has 1 aromatic heterocycles. The van der Waals surface area contributed by atoms with Crippen LogP contribution in [0.1, 0.15) is 22.8 Å². The van der Waals surface area contributed by atoms with Crippen LogP contribution in [0.15, 0.2) is 54.9 Å². The fraction of sp³-hybridized carbons (Fsp3) is 0.125. The van der Waals surface area contributed by atoms with E-state index >= 15 is 0 Å². The summed E-state index contributed by atoms with van der Waals surface area (Å²) in [6.07, 6.45) is 7.68. The molecule has 0 aliphatic rings. The van der Waals surface area contributed by atoms with E-state index in [2.05, 4.69) is 6.92 Å². The standard InChI is InChI=1S/C16H16N2O/c1-2-13-3-5-14(6-4-13)16(19)9-12-18-10-7-15(17)8-11-18/h3-12,17H,2H2,1H3/b12-9+. The number of carbonyl (C=O) groups excluding carboxylic acids is 1. The van der Waals surface area contributed by atoms with Gasteiger partial charge in [-0.25, -0.2) is 0 Å². The minimum atomic E-state index is -0.0231. The highest BCUT2D eigenvalue weighted by Gasteiger charge is 2.00. The van der Waals surface area contributed by atoms with Crippen molar-refractivity contribution in [1.29, 1.82) is 5.41 Å². The Morgan fingerprint density at radius 1 is 1.16 bits per heavy atom. The van der Waals surface area contributed by atoms with Crippen molar-refractivity contribution in [3.8, 4) is 0 Å². The smallest absolute Gasteiger partial charge is 0.187 e. The normalized spacial score (nSPS) is 10.8. The van der Waals surface area contributed by atoms with Gasteiger partial charge < -0.3 is 9.98 Å². The van der Waals surface area contributed by atoms with Crippen LogP contribution in [0.25, 0.3) is 6.20 Å². The third kappa shape index (κ3) is 3.52. The van der Waals surface area contributed by atoms with Gasteiger partial charge in [-0.2, -0.15) is 0 Å². The molecule has 1 aromatic carbocycles. The minimum Gasteiger partial charge on any atom is -0.330 e. The summed E-state index contributed by atoms with van der Waals surface area (Å²) in [6.45, 7) is 2.09. The van der Waals surface area contributed by atoms with E-state index in [-0.39, 0.29) is 5.78 Å². The maximum absolute atomic E-state index is 11.9. The van der Waals surface area contributed by atoms with Crippen LogP contribution >= 0.6 is 0 Å². The summed E-state index contributed by atoms with van der Waals surface area (Å²) in [5, 5.41) is 7.83. The Kier molecular flexibility index (Phi) is 4.08. The average molecular weight is 252 g/mol. The summed E-state index contributed by atoms with van der Waals surface area (Å²) in [7, 11) is 0. The molecule has 96 valence electrons. The first-order valence-electron chi connectivity index (χ1n) is 6.23. The molecule has 0 bridgehead atoms. The van der Waals surface area contributed by atoms with Gasteiger partial charge in [0.05, 0.1) is 5.36 Å². The van der Waals surface area contributed by atoms with Gasteiger partial charge in [-0.15, -0.1) is 0 Å². The van der Waals surface area contributed by atoms with Crippen LogP contribution in [0.5, 0.6) is 0 Å². The van der Waals surface area contributed by atoms with Crippen LogP contribution in [-0.4, -0.2) is 10.4 Å². The Labute approximate surface area is 112 Å². The summed E-state index contributed by atoms with van der Waals surface area (Å²) in [6, 6.07) is 11.0. The molecular weight excluding hydrogens is 236 g/mol. The van der Waals surface area contributed by atoms with Gasteiger partial charge in [0, 0.05) is 30.2 Å². The highest BCUT2D eigenvalue weighted by molar-refractivity contribution is 6.06. The number of benzene rings is 1. The average Bonchev–Trinajstić information content (AvgIpc) is 2.46. The molecule has 3 heteroatoms. The SMILES string of the molecule is CCc1ccc(C(=O)/C=C/n2ccc(=N)cc2)cc1. The second-order valence-corrected chi connectivity index (χ2v) is 4.26. The molecule has 1 heterocycles. The zero-order valence-corrected chi connectivity index (χ0v) is 10.8. The lowest BCUT2D eigenvalue weighted by Gasteiger charge is -2.00. The largest absolute Gasteiger partial charge is 0.330 e. The van der Waals surface area contributed by atoms with Gasteiger partial charge in [-0.1, -0.05) is 31.2 Å². The fourth-order valence-electron chi connectivity index (χ4n) is 1.69. The van der Waals surface area contributed by atoms with Gasteiger partial charge in [-0.05, 0) is 24.1 Å². The van der Waals surface area contributed by atoms with E-state index in [1.807, 2.05) is 24.3 Å². The lowest BCUT2D eigenvalue weighted by molar-refractivity contribution is 0.104. The Balaban J connectivity index is 2.11. The van der Waals surface area contributed by atoms with Gasteiger partial charge in [0.1, 0.15) is 0 Å². The summed E-state index contributed by atoms with van der Waals surface area (Å²) in [5.41, 5.74) is 1.91. The molecular formula is C16H16N2O. The van der Waals surface area contributed by atoms with E-state index in [1.165, 1.54) is 11.6 Å². The second-order valence-electron chi connectivity index (χ2n) is 4.26. The highest BCUT2D eigenvalue weighted by atomic mass is 16.1. The minimum absolute atomic E-state index is 0.0231. The molecule has 0 saturated heterocycles. The first-order chi connectivity index (χ1) is 9.19. The molecule has 2 rings (SSSR count). The Morgan fingerprint density at radius 2 is 1.79 bits per heavy atom. The number of ketones is 1. The van der Waals surface area contributed by atoms with E-state index in [9.17, 15) is 4.79 Å². The van der Waals surface area contributed by atoms with Crippen molar-refractivity contribution in [3.63, 3.8) is 0 Å². The van der Waals surface area contributed by atoms with Gasteiger partial charge in [0.2, 0.25) is 0 Å².